The lowest BCUT2D eigenvalue weighted by Gasteiger charge is -1.88. The van der Waals surface area contributed by atoms with Gasteiger partial charge in [0.1, 0.15) is 0 Å². The lowest BCUT2D eigenvalue weighted by Crippen LogP contribution is -1.79. The van der Waals surface area contributed by atoms with Crippen molar-refractivity contribution in [1.29, 1.82) is 0 Å². The minimum atomic E-state index is -0.921. The lowest BCUT2D eigenvalue weighted by molar-refractivity contribution is 0.692. The molecule has 3 nitrogen and oxygen atoms in total. The van der Waals surface area contributed by atoms with Gasteiger partial charge in [0.05, 0.1) is 17.7 Å². The van der Waals surface area contributed by atoms with Crippen molar-refractivity contribution in [3.05, 3.63) is 29.2 Å². The molecule has 0 aliphatic rings. The van der Waals surface area contributed by atoms with Crippen molar-refractivity contribution in [2.45, 2.75) is 6.92 Å². The number of rotatable bonds is 3. The number of hydrogen-bond donors (Lipinski definition) is 1. The largest absolute Gasteiger partial charge is 0.345 e. The summed E-state index contributed by atoms with van der Waals surface area (Å²) in [6.07, 6.45) is 8.84. The molecule has 4 heteroatoms. The highest BCUT2D eigenvalue weighted by molar-refractivity contribution is 7.87. The van der Waals surface area contributed by atoms with E-state index in [0.29, 0.717) is 0 Å². The molecule has 0 saturated heterocycles. The first-order chi connectivity index (χ1) is 6.24. The predicted octanol–water partition coefficient (Wildman–Crippen LogP) is 1.79. The van der Waals surface area contributed by atoms with Gasteiger partial charge in [-0.15, -0.1) is 0 Å². The van der Waals surface area contributed by atoms with Crippen molar-refractivity contribution in [1.82, 2.24) is 9.97 Å². The standard InChI is InChI=1S/C9H12N2OS/c1-3-4-8-9(11-7-10-8)5-6-13(2)12/h3-7H,1-2H3,(H,10,11)/b4-3-,6-5+. The maximum Gasteiger partial charge on any atom is 0.0931 e. The summed E-state index contributed by atoms with van der Waals surface area (Å²) in [5.41, 5.74) is 1.75. The topological polar surface area (TPSA) is 45.8 Å². The SMILES string of the molecule is C/C=C\c1[nH]cnc1/C=C/S(C)=O. The zero-order chi connectivity index (χ0) is 9.68. The second-order valence-corrected chi connectivity index (χ2v) is 3.77. The van der Waals surface area contributed by atoms with E-state index in [4.69, 9.17) is 0 Å². The second-order valence-electron chi connectivity index (χ2n) is 2.50. The van der Waals surface area contributed by atoms with Crippen LogP contribution in [0.2, 0.25) is 0 Å². The molecule has 0 aliphatic heterocycles. The molecule has 70 valence electrons. The first kappa shape index (κ1) is 9.92. The van der Waals surface area contributed by atoms with Crippen LogP contribution >= 0.6 is 0 Å². The van der Waals surface area contributed by atoms with E-state index in [9.17, 15) is 4.21 Å². The third-order valence-electron chi connectivity index (χ3n) is 1.45. The summed E-state index contributed by atoms with van der Waals surface area (Å²) < 4.78 is 10.8. The first-order valence-corrected chi connectivity index (χ1v) is 5.52. The summed E-state index contributed by atoms with van der Waals surface area (Å²) >= 11 is 0. The molecular formula is C9H12N2OS. The van der Waals surface area contributed by atoms with E-state index in [1.807, 2.05) is 19.1 Å². The molecule has 0 spiro atoms. The van der Waals surface area contributed by atoms with Gasteiger partial charge < -0.3 is 4.98 Å². The van der Waals surface area contributed by atoms with Crippen LogP contribution in [0.5, 0.6) is 0 Å². The Morgan fingerprint density at radius 3 is 2.92 bits per heavy atom. The van der Waals surface area contributed by atoms with E-state index < -0.39 is 10.8 Å². The zero-order valence-corrected chi connectivity index (χ0v) is 8.47. The van der Waals surface area contributed by atoms with Gasteiger partial charge in [0.25, 0.3) is 0 Å². The Balaban J connectivity index is 2.88. The number of aromatic nitrogens is 2. The minimum Gasteiger partial charge on any atom is -0.345 e. The summed E-state index contributed by atoms with van der Waals surface area (Å²) in [5.74, 6) is 0. The fourth-order valence-corrected chi connectivity index (χ4v) is 1.23. The molecule has 1 rings (SSSR count). The van der Waals surface area contributed by atoms with Gasteiger partial charge in [-0.3, -0.25) is 4.21 Å². The fourth-order valence-electron chi connectivity index (χ4n) is 0.908. The van der Waals surface area contributed by atoms with Gasteiger partial charge in [0.15, 0.2) is 0 Å². The van der Waals surface area contributed by atoms with E-state index in [2.05, 4.69) is 9.97 Å². The van der Waals surface area contributed by atoms with Crippen molar-refractivity contribution in [2.24, 2.45) is 0 Å². The van der Waals surface area contributed by atoms with Crippen molar-refractivity contribution in [3.8, 4) is 0 Å². The normalized spacial score (nSPS) is 14.3. The summed E-state index contributed by atoms with van der Waals surface area (Å²) in [5, 5.41) is 1.61. The quantitative estimate of drug-likeness (QED) is 0.801. The number of hydrogen-bond acceptors (Lipinski definition) is 2. The summed E-state index contributed by atoms with van der Waals surface area (Å²) in [7, 11) is -0.921. The minimum absolute atomic E-state index is 0.813. The van der Waals surface area contributed by atoms with Crippen LogP contribution in [0.3, 0.4) is 0 Å². The average molecular weight is 196 g/mol. The van der Waals surface area contributed by atoms with Crippen molar-refractivity contribution >= 4 is 23.0 Å². The smallest absolute Gasteiger partial charge is 0.0931 e. The van der Waals surface area contributed by atoms with Crippen LogP contribution in [0, 0.1) is 0 Å². The van der Waals surface area contributed by atoms with E-state index in [1.54, 1.807) is 24.1 Å². The molecule has 1 aromatic rings. The van der Waals surface area contributed by atoms with Crippen LogP contribution in [0.1, 0.15) is 18.3 Å². The number of allylic oxidation sites excluding steroid dienone is 1. The number of imidazole rings is 1. The first-order valence-electron chi connectivity index (χ1n) is 3.90. The van der Waals surface area contributed by atoms with Crippen molar-refractivity contribution in [3.63, 3.8) is 0 Å². The maximum atomic E-state index is 10.8. The molecule has 13 heavy (non-hydrogen) atoms. The van der Waals surface area contributed by atoms with E-state index in [1.165, 1.54) is 0 Å². The molecule has 0 fully saturated rings. The average Bonchev–Trinajstić information content (AvgIpc) is 2.49. The van der Waals surface area contributed by atoms with Gasteiger partial charge in [0, 0.05) is 22.5 Å². The molecule has 0 saturated carbocycles. The Hall–Kier alpha value is -1.16. The van der Waals surface area contributed by atoms with Crippen LogP contribution in [0.15, 0.2) is 17.8 Å². The number of nitrogens with one attached hydrogen (secondary N) is 1. The fraction of sp³-hybridized carbons (Fsp3) is 0.222. The van der Waals surface area contributed by atoms with Gasteiger partial charge in [-0.1, -0.05) is 6.08 Å². The highest BCUT2D eigenvalue weighted by atomic mass is 32.2. The van der Waals surface area contributed by atoms with E-state index in [0.717, 1.165) is 11.4 Å². The molecular weight excluding hydrogens is 184 g/mol. The van der Waals surface area contributed by atoms with Crippen LogP contribution in [0.25, 0.3) is 12.2 Å². The van der Waals surface area contributed by atoms with Gasteiger partial charge in [-0.25, -0.2) is 4.98 Å². The van der Waals surface area contributed by atoms with Gasteiger partial charge >= 0.3 is 0 Å². The van der Waals surface area contributed by atoms with E-state index in [-0.39, 0.29) is 0 Å². The van der Waals surface area contributed by atoms with Gasteiger partial charge in [-0.05, 0) is 19.1 Å². The molecule has 0 aromatic carbocycles. The van der Waals surface area contributed by atoms with Crippen LogP contribution in [-0.2, 0) is 10.8 Å². The highest BCUT2D eigenvalue weighted by Crippen LogP contribution is 2.07. The Morgan fingerprint density at radius 1 is 1.54 bits per heavy atom. The Labute approximate surface area is 80.0 Å². The molecule has 1 unspecified atom stereocenters. The lowest BCUT2D eigenvalue weighted by atomic mass is 10.3. The molecule has 0 bridgehead atoms. The molecule has 1 heterocycles. The molecule has 0 aliphatic carbocycles. The number of aromatic amines is 1. The van der Waals surface area contributed by atoms with Crippen LogP contribution < -0.4 is 0 Å². The summed E-state index contributed by atoms with van der Waals surface area (Å²) in [6.45, 7) is 1.94. The van der Waals surface area contributed by atoms with Gasteiger partial charge in [0.2, 0.25) is 0 Å². The molecule has 0 radical (unpaired) electrons. The number of nitrogens with zero attached hydrogens (tertiary/aromatic N) is 1. The van der Waals surface area contributed by atoms with Crippen molar-refractivity contribution < 1.29 is 4.21 Å². The highest BCUT2D eigenvalue weighted by Gasteiger charge is 1.96. The molecule has 1 atom stereocenters. The number of H-pyrrole nitrogens is 1. The zero-order valence-electron chi connectivity index (χ0n) is 7.65. The summed E-state index contributed by atoms with van der Waals surface area (Å²) in [4.78, 5) is 7.06. The predicted molar refractivity (Wildman–Crippen MR) is 56.4 cm³/mol. The Bertz CT molecular complexity index is 352. The Morgan fingerprint density at radius 2 is 2.31 bits per heavy atom. The maximum absolute atomic E-state index is 10.8. The molecule has 1 N–H and O–H groups in total. The summed E-state index contributed by atoms with van der Waals surface area (Å²) in [6, 6.07) is 0. The van der Waals surface area contributed by atoms with Crippen LogP contribution in [0.4, 0.5) is 0 Å². The Kier molecular flexibility index (Phi) is 3.64. The third kappa shape index (κ3) is 2.99. The molecule has 1 aromatic heterocycles. The van der Waals surface area contributed by atoms with Gasteiger partial charge in [-0.2, -0.15) is 0 Å². The second kappa shape index (κ2) is 4.77. The van der Waals surface area contributed by atoms with E-state index >= 15 is 0 Å². The molecule has 0 amide bonds. The monoisotopic (exact) mass is 196 g/mol. The van der Waals surface area contributed by atoms with Crippen LogP contribution in [-0.4, -0.2) is 20.4 Å². The van der Waals surface area contributed by atoms with Crippen molar-refractivity contribution in [2.75, 3.05) is 6.26 Å². The third-order valence-corrected chi connectivity index (χ3v) is 1.97.